The summed E-state index contributed by atoms with van der Waals surface area (Å²) in [6, 6.07) is 10.9. The van der Waals surface area contributed by atoms with Crippen molar-refractivity contribution in [2.45, 2.75) is 112 Å². The van der Waals surface area contributed by atoms with E-state index in [1.165, 1.54) is 65.1 Å². The number of carbonyl (C=O) groups is 1. The summed E-state index contributed by atoms with van der Waals surface area (Å²) in [6.07, 6.45) is -10.5. The summed E-state index contributed by atoms with van der Waals surface area (Å²) >= 11 is 0. The number of amides is 1. The number of hydrogen-bond donors (Lipinski definition) is 1. The molecule has 0 radical (unpaired) electrons. The molecule has 0 heterocycles. The van der Waals surface area contributed by atoms with Crippen LogP contribution in [0.5, 0.6) is 11.5 Å². The Morgan fingerprint density at radius 2 is 1.10 bits per heavy atom. The summed E-state index contributed by atoms with van der Waals surface area (Å²) < 4.78 is 257. The molecule has 0 aliphatic carbocycles. The zero-order valence-electron chi connectivity index (χ0n) is 33.0. The van der Waals surface area contributed by atoms with Gasteiger partial charge in [-0.2, -0.15) is 74.6 Å². The van der Waals surface area contributed by atoms with E-state index in [1.807, 2.05) is 0 Å². The molecule has 0 saturated heterocycles. The molecule has 0 fully saturated rings. The molecular weight excluding hydrogens is 889 g/mol. The number of rotatable bonds is 22. The summed E-state index contributed by atoms with van der Waals surface area (Å²) in [7, 11) is -2.51. The SMILES string of the molecule is C=C[C@H](C)[C@H](OC(=O)Nc1ccc(OC)cc1)c1ccc(OCCO[Si](CCC(F)(F)C(F)(F)C(F)(F)C(F)(F)C(F)(F)C(F)(F)C(F)(F)C(F)(F)F)(C(C)C)C(C)C)cc1. The first-order valence-electron chi connectivity index (χ1n) is 17.9. The quantitative estimate of drug-likeness (QED) is 0.0551. The van der Waals surface area contributed by atoms with E-state index in [4.69, 9.17) is 18.6 Å². The van der Waals surface area contributed by atoms with Gasteiger partial charge in [-0.05, 0) is 59.1 Å². The lowest BCUT2D eigenvalue weighted by atomic mass is 9.88. The molecule has 2 aromatic rings. The van der Waals surface area contributed by atoms with Crippen LogP contribution in [0.2, 0.25) is 17.1 Å². The smallest absolute Gasteiger partial charge is 0.460 e. The molecule has 0 spiro atoms. The van der Waals surface area contributed by atoms with Gasteiger partial charge in [0.2, 0.25) is 0 Å². The van der Waals surface area contributed by atoms with Crippen molar-refractivity contribution >= 4 is 20.1 Å². The van der Waals surface area contributed by atoms with Crippen LogP contribution in [-0.2, 0) is 9.16 Å². The van der Waals surface area contributed by atoms with Crippen LogP contribution in [0.4, 0.5) is 85.1 Å². The van der Waals surface area contributed by atoms with Crippen LogP contribution in [0.25, 0.3) is 0 Å². The molecule has 1 N–H and O–H groups in total. The molecule has 0 aliphatic rings. The van der Waals surface area contributed by atoms with Crippen molar-refractivity contribution < 1.29 is 98.1 Å². The number of benzene rings is 2. The van der Waals surface area contributed by atoms with Crippen LogP contribution >= 0.6 is 0 Å². The second-order valence-electron chi connectivity index (χ2n) is 14.5. The van der Waals surface area contributed by atoms with E-state index in [9.17, 15) is 79.4 Å². The van der Waals surface area contributed by atoms with E-state index in [1.54, 1.807) is 31.2 Å². The maximum absolute atomic E-state index is 14.9. The van der Waals surface area contributed by atoms with Gasteiger partial charge in [-0.15, -0.1) is 6.58 Å². The average Bonchev–Trinajstić information content (AvgIpc) is 3.15. The molecule has 2 rings (SSSR count). The predicted octanol–water partition coefficient (Wildman–Crippen LogP) is 13.4. The molecule has 0 aromatic heterocycles. The molecule has 0 aliphatic heterocycles. The van der Waals surface area contributed by atoms with Crippen molar-refractivity contribution in [3.05, 3.63) is 66.7 Å². The Morgan fingerprint density at radius 1 is 0.656 bits per heavy atom. The summed E-state index contributed by atoms with van der Waals surface area (Å²) in [4.78, 5) is 12.7. The molecule has 2 atom stereocenters. The lowest BCUT2D eigenvalue weighted by Crippen LogP contribution is -2.74. The third kappa shape index (κ3) is 10.3. The lowest BCUT2D eigenvalue weighted by Gasteiger charge is -2.44. The Hall–Kier alpha value is -3.96. The molecular formula is C37H42F17NO5Si. The number of halogens is 17. The summed E-state index contributed by atoms with van der Waals surface area (Å²) in [6.45, 7) is 9.85. The highest BCUT2D eigenvalue weighted by molar-refractivity contribution is 6.76. The van der Waals surface area contributed by atoms with Crippen LogP contribution in [0.15, 0.2) is 61.2 Å². The standard InChI is InChI=1S/C37H42F17NO5Si/c1-8-23(6)28(60-29(56)55-25-11-15-26(57-7)16-12-25)24-9-13-27(14-10-24)58-18-19-59-61(21(2)3,22(4)5)20-17-30(38,39)31(40,41)32(42,43)33(44,45)34(46,47)35(48,49)36(50,51)37(52,53)54/h8-16,21-23,28H,1,17-20H2,2-7H3,(H,55,56)/t23-,28-/m0/s1. The van der Waals surface area contributed by atoms with Gasteiger partial charge >= 0.3 is 53.7 Å². The summed E-state index contributed by atoms with van der Waals surface area (Å²) in [5, 5.41) is 2.57. The summed E-state index contributed by atoms with van der Waals surface area (Å²) in [5.41, 5.74) is -0.852. The third-order valence-electron chi connectivity index (χ3n) is 9.92. The van der Waals surface area contributed by atoms with E-state index >= 15 is 0 Å². The maximum Gasteiger partial charge on any atom is 0.460 e. The molecule has 0 bridgehead atoms. The number of methoxy groups -OCH3 is 1. The van der Waals surface area contributed by atoms with E-state index in [0.717, 1.165) is 0 Å². The summed E-state index contributed by atoms with van der Waals surface area (Å²) in [5.74, 6) is -56.4. The second-order valence-corrected chi connectivity index (χ2v) is 19.5. The molecule has 2 aromatic carbocycles. The minimum absolute atomic E-state index is 0.158. The van der Waals surface area contributed by atoms with Crippen molar-refractivity contribution in [2.75, 3.05) is 25.6 Å². The van der Waals surface area contributed by atoms with Crippen molar-refractivity contribution in [1.82, 2.24) is 0 Å². The molecule has 348 valence electrons. The second kappa shape index (κ2) is 18.8. The zero-order chi connectivity index (χ0) is 47.4. The highest BCUT2D eigenvalue weighted by Crippen LogP contribution is 2.64. The molecule has 61 heavy (non-hydrogen) atoms. The number of nitrogens with one attached hydrogen (secondary N) is 1. The van der Waals surface area contributed by atoms with Crippen LogP contribution in [0.1, 0.15) is 52.7 Å². The van der Waals surface area contributed by atoms with Gasteiger partial charge in [-0.3, -0.25) is 5.32 Å². The zero-order valence-corrected chi connectivity index (χ0v) is 34.0. The number of hydrogen-bond acceptors (Lipinski definition) is 5. The van der Waals surface area contributed by atoms with Gasteiger partial charge in [0.05, 0.1) is 13.7 Å². The number of ether oxygens (including phenoxy) is 3. The topological polar surface area (TPSA) is 66.0 Å². The van der Waals surface area contributed by atoms with Crippen molar-refractivity contribution in [2.24, 2.45) is 5.92 Å². The molecule has 0 saturated carbocycles. The van der Waals surface area contributed by atoms with E-state index in [0.29, 0.717) is 17.0 Å². The minimum Gasteiger partial charge on any atom is -0.497 e. The first-order chi connectivity index (χ1) is 27.6. The Morgan fingerprint density at radius 3 is 1.52 bits per heavy atom. The Balaban J connectivity index is 2.24. The van der Waals surface area contributed by atoms with Crippen LogP contribution in [0, 0.1) is 5.92 Å². The van der Waals surface area contributed by atoms with Crippen molar-refractivity contribution in [3.63, 3.8) is 0 Å². The van der Waals surface area contributed by atoms with Gasteiger partial charge in [0.1, 0.15) is 24.2 Å². The van der Waals surface area contributed by atoms with E-state index in [-0.39, 0.29) is 12.4 Å². The number of carbonyl (C=O) groups excluding carboxylic acids is 1. The largest absolute Gasteiger partial charge is 0.497 e. The molecule has 0 unspecified atom stereocenters. The Kier molecular flexibility index (Phi) is 16.4. The lowest BCUT2D eigenvalue weighted by molar-refractivity contribution is -0.461. The number of anilines is 1. The normalized spacial score (nSPS) is 15.1. The molecule has 1 amide bonds. The fraction of sp³-hybridized carbons (Fsp3) is 0.595. The van der Waals surface area contributed by atoms with E-state index < -0.39 is 104 Å². The monoisotopic (exact) mass is 931 g/mol. The van der Waals surface area contributed by atoms with Crippen molar-refractivity contribution in [3.8, 4) is 11.5 Å². The van der Waals surface area contributed by atoms with Gasteiger partial charge in [0.25, 0.3) is 0 Å². The highest BCUT2D eigenvalue weighted by Gasteiger charge is 2.95. The molecule has 24 heteroatoms. The van der Waals surface area contributed by atoms with Gasteiger partial charge in [-0.25, -0.2) is 4.79 Å². The van der Waals surface area contributed by atoms with Gasteiger partial charge in [0.15, 0.2) is 8.32 Å². The Bertz CT molecular complexity index is 1750. The maximum atomic E-state index is 14.9. The van der Waals surface area contributed by atoms with E-state index in [2.05, 4.69) is 11.9 Å². The van der Waals surface area contributed by atoms with Crippen LogP contribution in [-0.4, -0.2) is 82.4 Å². The fourth-order valence-corrected chi connectivity index (χ4v) is 10.5. The Labute approximate surface area is 339 Å². The highest BCUT2D eigenvalue weighted by atomic mass is 28.4. The van der Waals surface area contributed by atoms with Gasteiger partial charge in [0, 0.05) is 18.0 Å². The van der Waals surface area contributed by atoms with Gasteiger partial charge < -0.3 is 18.6 Å². The van der Waals surface area contributed by atoms with Crippen LogP contribution in [0.3, 0.4) is 0 Å². The van der Waals surface area contributed by atoms with Gasteiger partial charge in [-0.1, -0.05) is 52.8 Å². The fourth-order valence-electron chi connectivity index (χ4n) is 6.04. The first-order valence-corrected chi connectivity index (χ1v) is 20.2. The first kappa shape index (κ1) is 53.2. The predicted molar refractivity (Wildman–Crippen MR) is 189 cm³/mol. The number of alkyl halides is 17. The van der Waals surface area contributed by atoms with Crippen LogP contribution < -0.4 is 14.8 Å². The van der Waals surface area contributed by atoms with Crippen molar-refractivity contribution in [1.29, 1.82) is 0 Å². The third-order valence-corrected chi connectivity index (χ3v) is 15.6. The molecule has 6 nitrogen and oxygen atoms in total. The minimum atomic E-state index is -8.69. The average molecular weight is 932 g/mol.